The van der Waals surface area contributed by atoms with E-state index in [4.69, 9.17) is 27.9 Å². The van der Waals surface area contributed by atoms with Crippen molar-refractivity contribution in [2.45, 2.75) is 51.1 Å². The Hall–Kier alpha value is -3.27. The molecule has 1 N–H and O–H groups in total. The molecule has 8 nitrogen and oxygen atoms in total. The number of benzene rings is 3. The van der Waals surface area contributed by atoms with E-state index in [-0.39, 0.29) is 29.6 Å². The van der Waals surface area contributed by atoms with E-state index < -0.39 is 28.5 Å². The van der Waals surface area contributed by atoms with Crippen LogP contribution in [0, 0.1) is 0 Å². The van der Waals surface area contributed by atoms with E-state index in [1.165, 1.54) is 29.2 Å². The molecule has 3 rings (SSSR count). The Morgan fingerprint density at radius 3 is 2.32 bits per heavy atom. The highest BCUT2D eigenvalue weighted by Crippen LogP contribution is 2.33. The van der Waals surface area contributed by atoms with Crippen molar-refractivity contribution in [2.75, 3.05) is 24.0 Å². The van der Waals surface area contributed by atoms with Crippen molar-refractivity contribution in [1.29, 1.82) is 0 Å². The molecule has 0 spiro atoms. The molecule has 11 heteroatoms. The Labute approximate surface area is 252 Å². The van der Waals surface area contributed by atoms with Gasteiger partial charge in [-0.3, -0.25) is 13.9 Å². The van der Waals surface area contributed by atoms with Crippen LogP contribution < -0.4 is 14.4 Å². The van der Waals surface area contributed by atoms with E-state index in [1.54, 1.807) is 62.4 Å². The summed E-state index contributed by atoms with van der Waals surface area (Å²) < 4.78 is 34.7. The van der Waals surface area contributed by atoms with Crippen molar-refractivity contribution in [3.05, 3.63) is 88.4 Å². The van der Waals surface area contributed by atoms with Crippen molar-refractivity contribution < 1.29 is 22.7 Å². The van der Waals surface area contributed by atoms with Gasteiger partial charge in [-0.25, -0.2) is 8.42 Å². The molecule has 3 aromatic carbocycles. The number of carbonyl (C=O) groups excluding carboxylic acids is 2. The number of nitrogens with zero attached hydrogens (tertiary/aromatic N) is 2. The molecule has 220 valence electrons. The summed E-state index contributed by atoms with van der Waals surface area (Å²) in [6.07, 6.45) is 1.69. The molecule has 0 saturated heterocycles. The molecule has 2 amide bonds. The molecule has 0 aromatic heterocycles. The van der Waals surface area contributed by atoms with E-state index in [2.05, 4.69) is 5.32 Å². The van der Waals surface area contributed by atoms with Gasteiger partial charge in [-0.1, -0.05) is 60.8 Å². The van der Waals surface area contributed by atoms with Crippen LogP contribution in [-0.4, -0.2) is 50.9 Å². The normalized spacial score (nSPS) is 11.9. The number of para-hydroxylation sites is 2. The van der Waals surface area contributed by atoms with E-state index in [0.29, 0.717) is 27.9 Å². The molecule has 1 atom stereocenters. The topological polar surface area (TPSA) is 96.0 Å². The average Bonchev–Trinajstić information content (AvgIpc) is 2.95. The quantitative estimate of drug-likeness (QED) is 0.226. The molecule has 0 saturated carbocycles. The van der Waals surface area contributed by atoms with Gasteiger partial charge in [0, 0.05) is 23.1 Å². The van der Waals surface area contributed by atoms with Gasteiger partial charge in [0.05, 0.1) is 17.2 Å². The highest BCUT2D eigenvalue weighted by molar-refractivity contribution is 7.92. The van der Waals surface area contributed by atoms with Crippen LogP contribution in [0.15, 0.2) is 77.7 Å². The van der Waals surface area contributed by atoms with Crippen molar-refractivity contribution in [2.24, 2.45) is 0 Å². The second-order valence-corrected chi connectivity index (χ2v) is 12.1. The zero-order valence-electron chi connectivity index (χ0n) is 23.3. The van der Waals surface area contributed by atoms with Crippen LogP contribution in [0.5, 0.6) is 5.75 Å². The Kier molecular flexibility index (Phi) is 11.9. The number of amides is 2. The van der Waals surface area contributed by atoms with Gasteiger partial charge in [0.1, 0.15) is 18.3 Å². The first kappa shape index (κ1) is 32.2. The maximum Gasteiger partial charge on any atom is 0.264 e. The number of halogens is 2. The minimum absolute atomic E-state index is 0.0453. The summed E-state index contributed by atoms with van der Waals surface area (Å²) in [5.41, 5.74) is 0.890. The molecule has 0 aliphatic carbocycles. The van der Waals surface area contributed by atoms with Gasteiger partial charge in [-0.2, -0.15) is 0 Å². The lowest BCUT2D eigenvalue weighted by Crippen LogP contribution is -2.51. The highest BCUT2D eigenvalue weighted by Gasteiger charge is 2.33. The lowest BCUT2D eigenvalue weighted by atomic mass is 10.1. The van der Waals surface area contributed by atoms with Crippen LogP contribution in [0.1, 0.15) is 39.2 Å². The maximum absolute atomic E-state index is 14.0. The standard InChI is InChI=1S/C30H35Cl2N3O5S/c1-4-6-18-33-30(37)22(3)34(20-23-10-9-11-25(32)19-23)29(36)21-35(27-12-7-8-13-28(27)40-5-2)41(38,39)26-16-14-24(31)15-17-26/h7-17,19,22H,4-6,18,20-21H2,1-3H3,(H,33,37)/t22-/m1/s1. The second-order valence-electron chi connectivity index (χ2n) is 9.34. The number of sulfonamides is 1. The molecule has 0 radical (unpaired) electrons. The Morgan fingerprint density at radius 1 is 0.951 bits per heavy atom. The molecule has 0 bridgehead atoms. The molecule has 0 aliphatic heterocycles. The lowest BCUT2D eigenvalue weighted by molar-refractivity contribution is -0.139. The number of rotatable bonds is 14. The number of unbranched alkanes of at least 4 members (excludes halogenated alkanes) is 1. The summed E-state index contributed by atoms with van der Waals surface area (Å²) in [7, 11) is -4.26. The van der Waals surface area contributed by atoms with Gasteiger partial charge in [0.25, 0.3) is 10.0 Å². The monoisotopic (exact) mass is 619 g/mol. The fourth-order valence-corrected chi connectivity index (χ4v) is 5.90. The van der Waals surface area contributed by atoms with Crippen molar-refractivity contribution in [3.8, 4) is 5.75 Å². The van der Waals surface area contributed by atoms with Gasteiger partial charge >= 0.3 is 0 Å². The summed E-state index contributed by atoms with van der Waals surface area (Å²) >= 11 is 12.2. The van der Waals surface area contributed by atoms with Crippen molar-refractivity contribution >= 4 is 50.7 Å². The van der Waals surface area contributed by atoms with E-state index in [9.17, 15) is 18.0 Å². The largest absolute Gasteiger partial charge is 0.492 e. The summed E-state index contributed by atoms with van der Waals surface area (Å²) in [5.74, 6) is -0.616. The Morgan fingerprint density at radius 2 is 1.66 bits per heavy atom. The predicted molar refractivity (Wildman–Crippen MR) is 163 cm³/mol. The molecular weight excluding hydrogens is 585 g/mol. The number of hydrogen-bond acceptors (Lipinski definition) is 5. The lowest BCUT2D eigenvalue weighted by Gasteiger charge is -2.32. The van der Waals surface area contributed by atoms with E-state index in [0.717, 1.165) is 17.1 Å². The number of hydrogen-bond donors (Lipinski definition) is 1. The van der Waals surface area contributed by atoms with Gasteiger partial charge in [0.15, 0.2) is 0 Å². The minimum Gasteiger partial charge on any atom is -0.492 e. The van der Waals surface area contributed by atoms with Gasteiger partial charge in [-0.05, 0) is 74.4 Å². The van der Waals surface area contributed by atoms with Crippen molar-refractivity contribution in [1.82, 2.24) is 10.2 Å². The zero-order chi connectivity index (χ0) is 30.0. The van der Waals surface area contributed by atoms with Crippen LogP contribution in [0.2, 0.25) is 10.0 Å². The number of carbonyl (C=O) groups is 2. The second kappa shape index (κ2) is 15.1. The van der Waals surface area contributed by atoms with Gasteiger partial charge < -0.3 is 15.0 Å². The Balaban J connectivity index is 2.05. The zero-order valence-corrected chi connectivity index (χ0v) is 25.7. The van der Waals surface area contributed by atoms with E-state index >= 15 is 0 Å². The first-order valence-electron chi connectivity index (χ1n) is 13.4. The van der Waals surface area contributed by atoms with Gasteiger partial charge in [0.2, 0.25) is 11.8 Å². The molecule has 0 aliphatic rings. The van der Waals surface area contributed by atoms with Crippen LogP contribution in [-0.2, 0) is 26.2 Å². The fourth-order valence-electron chi connectivity index (χ4n) is 4.14. The molecule has 0 heterocycles. The molecule has 3 aromatic rings. The molecule has 0 fully saturated rings. The SMILES string of the molecule is CCCCNC(=O)[C@@H](C)N(Cc1cccc(Cl)c1)C(=O)CN(c1ccccc1OCC)S(=O)(=O)c1ccc(Cl)cc1. The third kappa shape index (κ3) is 8.61. The predicted octanol–water partition coefficient (Wildman–Crippen LogP) is 5.92. The number of anilines is 1. The van der Waals surface area contributed by atoms with E-state index in [1.807, 2.05) is 6.92 Å². The average molecular weight is 621 g/mol. The van der Waals surface area contributed by atoms with Crippen LogP contribution in [0.25, 0.3) is 0 Å². The highest BCUT2D eigenvalue weighted by atomic mass is 35.5. The van der Waals surface area contributed by atoms with Crippen LogP contribution in [0.3, 0.4) is 0 Å². The third-order valence-corrected chi connectivity index (χ3v) is 8.61. The third-order valence-electron chi connectivity index (χ3n) is 6.35. The summed E-state index contributed by atoms with van der Waals surface area (Å²) in [4.78, 5) is 28.4. The van der Waals surface area contributed by atoms with Crippen molar-refractivity contribution in [3.63, 3.8) is 0 Å². The van der Waals surface area contributed by atoms with Crippen LogP contribution >= 0.6 is 23.2 Å². The van der Waals surface area contributed by atoms with Gasteiger partial charge in [-0.15, -0.1) is 0 Å². The summed E-state index contributed by atoms with van der Waals surface area (Å²) in [6, 6.07) is 18.4. The number of nitrogens with one attached hydrogen (secondary N) is 1. The number of ether oxygens (including phenoxy) is 1. The molecule has 0 unspecified atom stereocenters. The summed E-state index contributed by atoms with van der Waals surface area (Å²) in [6.45, 7) is 5.64. The molecule has 41 heavy (non-hydrogen) atoms. The minimum atomic E-state index is -4.26. The fraction of sp³-hybridized carbons (Fsp3) is 0.333. The first-order valence-corrected chi connectivity index (χ1v) is 15.6. The Bertz CT molecular complexity index is 1430. The molecular formula is C30H35Cl2N3O5S. The summed E-state index contributed by atoms with van der Waals surface area (Å²) in [5, 5.41) is 3.72. The first-order chi connectivity index (χ1) is 19.6. The maximum atomic E-state index is 14.0. The van der Waals surface area contributed by atoms with Crippen LogP contribution in [0.4, 0.5) is 5.69 Å². The smallest absolute Gasteiger partial charge is 0.264 e.